The maximum Gasteiger partial charge on any atom is 0.258 e. The highest BCUT2D eigenvalue weighted by molar-refractivity contribution is 9.10. The molecule has 1 amide bonds. The molecule has 1 aliphatic heterocycles. The summed E-state index contributed by atoms with van der Waals surface area (Å²) in [4.78, 5) is 13.0. The van der Waals surface area contributed by atoms with Gasteiger partial charge in [0.05, 0.1) is 12.1 Å². The Kier molecular flexibility index (Phi) is 3.33. The van der Waals surface area contributed by atoms with Crippen LogP contribution in [0.4, 0.5) is 8.78 Å². The molecule has 1 aromatic rings. The number of phenolic OH excluding ortho intramolecular Hbond substituents is 1. The van der Waals surface area contributed by atoms with Crippen LogP contribution in [0.25, 0.3) is 0 Å². The number of hydrogen-bond acceptors (Lipinski definition) is 2. The fourth-order valence-electron chi connectivity index (χ4n) is 1.95. The summed E-state index contributed by atoms with van der Waals surface area (Å²) in [5.41, 5.74) is 0.826. The van der Waals surface area contributed by atoms with Crippen LogP contribution in [0, 0.1) is 0 Å². The predicted octanol–water partition coefficient (Wildman–Crippen LogP) is 2.42. The van der Waals surface area contributed by atoms with E-state index in [2.05, 4.69) is 15.9 Å². The Hall–Kier alpha value is -1.17. The lowest BCUT2D eigenvalue weighted by atomic mass is 9.98. The van der Waals surface area contributed by atoms with Gasteiger partial charge in [0, 0.05) is 11.0 Å². The predicted molar refractivity (Wildman–Crippen MR) is 61.4 cm³/mol. The van der Waals surface area contributed by atoms with Gasteiger partial charge in [0.15, 0.2) is 0 Å². The van der Waals surface area contributed by atoms with Crippen LogP contribution < -0.4 is 0 Å². The van der Waals surface area contributed by atoms with E-state index in [9.17, 15) is 18.7 Å². The van der Waals surface area contributed by atoms with E-state index >= 15 is 0 Å². The third-order valence-electron chi connectivity index (χ3n) is 2.67. The first-order valence-electron chi connectivity index (χ1n) is 5.08. The standard InChI is InChI=1S/C11H10BrF2NO2/c12-7-3-6-1-2-15(5-9(13)14)11(17)10(6)8(16)4-7/h3-4,9,16H,1-2,5H2. The molecule has 2 rings (SSSR count). The highest BCUT2D eigenvalue weighted by atomic mass is 79.9. The van der Waals surface area contributed by atoms with E-state index in [1.807, 2.05) is 0 Å². The van der Waals surface area contributed by atoms with Gasteiger partial charge in [-0.25, -0.2) is 8.78 Å². The van der Waals surface area contributed by atoms with Crippen molar-refractivity contribution in [2.24, 2.45) is 0 Å². The molecule has 6 heteroatoms. The normalized spacial score (nSPS) is 15.3. The summed E-state index contributed by atoms with van der Waals surface area (Å²) in [6.45, 7) is -0.333. The van der Waals surface area contributed by atoms with Crippen molar-refractivity contribution in [3.05, 3.63) is 27.7 Å². The first-order chi connectivity index (χ1) is 7.99. The van der Waals surface area contributed by atoms with Crippen molar-refractivity contribution >= 4 is 21.8 Å². The van der Waals surface area contributed by atoms with E-state index in [0.717, 1.165) is 4.90 Å². The topological polar surface area (TPSA) is 40.5 Å². The summed E-state index contributed by atoms with van der Waals surface area (Å²) in [7, 11) is 0. The zero-order valence-corrected chi connectivity index (χ0v) is 10.4. The van der Waals surface area contributed by atoms with Crippen LogP contribution in [0.2, 0.25) is 0 Å². The van der Waals surface area contributed by atoms with Crippen LogP contribution in [0.3, 0.4) is 0 Å². The number of nitrogens with zero attached hydrogens (tertiary/aromatic N) is 1. The largest absolute Gasteiger partial charge is 0.507 e. The minimum Gasteiger partial charge on any atom is -0.507 e. The molecule has 0 aliphatic carbocycles. The third-order valence-corrected chi connectivity index (χ3v) is 3.13. The number of benzene rings is 1. The molecule has 1 aromatic carbocycles. The van der Waals surface area contributed by atoms with Gasteiger partial charge in [-0.05, 0) is 24.1 Å². The lowest BCUT2D eigenvalue weighted by molar-refractivity contribution is 0.0534. The molecule has 0 unspecified atom stereocenters. The van der Waals surface area contributed by atoms with Crippen molar-refractivity contribution in [3.63, 3.8) is 0 Å². The molecule has 1 aliphatic rings. The molecule has 0 spiro atoms. The van der Waals surface area contributed by atoms with Gasteiger partial charge in [0.1, 0.15) is 5.75 Å². The number of halogens is 3. The summed E-state index contributed by atoms with van der Waals surface area (Å²) < 4.78 is 25.2. The number of hydrogen-bond donors (Lipinski definition) is 1. The van der Waals surface area contributed by atoms with Crippen LogP contribution in [0.1, 0.15) is 15.9 Å². The number of fused-ring (bicyclic) bond motifs is 1. The van der Waals surface area contributed by atoms with Crippen LogP contribution in [-0.4, -0.2) is 35.4 Å². The summed E-state index contributed by atoms with van der Waals surface area (Å²) in [6.07, 6.45) is -2.08. The zero-order valence-electron chi connectivity index (χ0n) is 8.79. The molecule has 17 heavy (non-hydrogen) atoms. The zero-order chi connectivity index (χ0) is 12.6. The van der Waals surface area contributed by atoms with Crippen molar-refractivity contribution in [1.82, 2.24) is 4.90 Å². The number of alkyl halides is 2. The highest BCUT2D eigenvalue weighted by Crippen LogP contribution is 2.31. The molecular weight excluding hydrogens is 296 g/mol. The van der Waals surface area contributed by atoms with E-state index in [-0.39, 0.29) is 17.9 Å². The number of amides is 1. The minimum atomic E-state index is -2.56. The molecule has 0 atom stereocenters. The quantitative estimate of drug-likeness (QED) is 0.911. The molecule has 0 saturated heterocycles. The Morgan fingerprint density at radius 3 is 2.82 bits per heavy atom. The Morgan fingerprint density at radius 2 is 2.18 bits per heavy atom. The van der Waals surface area contributed by atoms with Gasteiger partial charge in [0.25, 0.3) is 12.3 Å². The molecule has 0 saturated carbocycles. The van der Waals surface area contributed by atoms with Crippen molar-refractivity contribution in [2.75, 3.05) is 13.1 Å². The first kappa shape index (κ1) is 12.3. The minimum absolute atomic E-state index is 0.139. The third kappa shape index (κ3) is 2.41. The maximum atomic E-state index is 12.3. The average molecular weight is 306 g/mol. The SMILES string of the molecule is O=C1c2c(O)cc(Br)cc2CCN1CC(F)F. The van der Waals surface area contributed by atoms with Crippen LogP contribution in [0.5, 0.6) is 5.75 Å². The van der Waals surface area contributed by atoms with Gasteiger partial charge < -0.3 is 10.0 Å². The Balaban J connectivity index is 2.35. The van der Waals surface area contributed by atoms with Gasteiger partial charge in [-0.1, -0.05) is 15.9 Å². The molecule has 1 N–H and O–H groups in total. The number of rotatable bonds is 2. The molecule has 0 bridgehead atoms. The fraction of sp³-hybridized carbons (Fsp3) is 0.364. The second-order valence-electron chi connectivity index (χ2n) is 3.85. The molecule has 3 nitrogen and oxygen atoms in total. The van der Waals surface area contributed by atoms with Crippen molar-refractivity contribution in [1.29, 1.82) is 0 Å². The Labute approximate surface area is 105 Å². The molecule has 0 fully saturated rings. The van der Waals surface area contributed by atoms with Crippen molar-refractivity contribution in [2.45, 2.75) is 12.8 Å². The Morgan fingerprint density at radius 1 is 1.47 bits per heavy atom. The van der Waals surface area contributed by atoms with E-state index < -0.39 is 18.9 Å². The number of aromatic hydroxyl groups is 1. The summed E-state index contributed by atoms with van der Waals surface area (Å²) in [6, 6.07) is 3.12. The summed E-state index contributed by atoms with van der Waals surface area (Å²) in [5.74, 6) is -0.699. The summed E-state index contributed by atoms with van der Waals surface area (Å²) in [5, 5.41) is 9.69. The molecule has 0 radical (unpaired) electrons. The van der Waals surface area contributed by atoms with Crippen LogP contribution in [-0.2, 0) is 6.42 Å². The van der Waals surface area contributed by atoms with Crippen molar-refractivity contribution in [3.8, 4) is 5.75 Å². The molecular formula is C11H10BrF2NO2. The molecule has 0 aromatic heterocycles. The van der Waals surface area contributed by atoms with Crippen LogP contribution >= 0.6 is 15.9 Å². The van der Waals surface area contributed by atoms with Gasteiger partial charge in [-0.15, -0.1) is 0 Å². The van der Waals surface area contributed by atoms with Gasteiger partial charge >= 0.3 is 0 Å². The smallest absolute Gasteiger partial charge is 0.258 e. The lowest BCUT2D eigenvalue weighted by Gasteiger charge is -2.28. The maximum absolute atomic E-state index is 12.3. The van der Waals surface area contributed by atoms with Gasteiger partial charge in [-0.2, -0.15) is 0 Å². The molecule has 1 heterocycles. The number of carbonyl (C=O) groups is 1. The van der Waals surface area contributed by atoms with Gasteiger partial charge in [0.2, 0.25) is 0 Å². The second kappa shape index (κ2) is 4.60. The molecule has 92 valence electrons. The second-order valence-corrected chi connectivity index (χ2v) is 4.77. The van der Waals surface area contributed by atoms with E-state index in [0.29, 0.717) is 16.5 Å². The van der Waals surface area contributed by atoms with E-state index in [1.54, 1.807) is 6.07 Å². The lowest BCUT2D eigenvalue weighted by Crippen LogP contribution is -2.40. The van der Waals surface area contributed by atoms with E-state index in [1.165, 1.54) is 6.07 Å². The summed E-state index contributed by atoms with van der Waals surface area (Å²) >= 11 is 3.21. The average Bonchev–Trinajstić information content (AvgIpc) is 2.20. The van der Waals surface area contributed by atoms with Crippen LogP contribution in [0.15, 0.2) is 16.6 Å². The Bertz CT molecular complexity index is 465. The highest BCUT2D eigenvalue weighted by Gasteiger charge is 2.29. The first-order valence-corrected chi connectivity index (χ1v) is 5.87. The van der Waals surface area contributed by atoms with Gasteiger partial charge in [-0.3, -0.25) is 4.79 Å². The fourth-order valence-corrected chi connectivity index (χ4v) is 2.44. The number of phenols is 1. The number of carbonyl (C=O) groups excluding carboxylic acids is 1. The monoisotopic (exact) mass is 305 g/mol. The van der Waals surface area contributed by atoms with Crippen molar-refractivity contribution < 1.29 is 18.7 Å². The van der Waals surface area contributed by atoms with E-state index in [4.69, 9.17) is 0 Å².